The molecule has 104 valence electrons. The highest BCUT2D eigenvalue weighted by Crippen LogP contribution is 2.11. The Bertz CT molecular complexity index is 463. The van der Waals surface area contributed by atoms with Crippen LogP contribution >= 0.6 is 0 Å². The molecule has 0 unspecified atom stereocenters. The molecule has 0 aromatic carbocycles. The molecule has 0 saturated carbocycles. The van der Waals surface area contributed by atoms with E-state index in [0.717, 1.165) is 25.9 Å². The molecule has 6 nitrogen and oxygen atoms in total. The third kappa shape index (κ3) is 3.14. The van der Waals surface area contributed by atoms with Gasteiger partial charge in [-0.05, 0) is 25.0 Å². The first-order valence-electron chi connectivity index (χ1n) is 6.44. The predicted octanol–water partition coefficient (Wildman–Crippen LogP) is 0.433. The fourth-order valence-electron chi connectivity index (χ4n) is 2.13. The van der Waals surface area contributed by atoms with E-state index < -0.39 is 0 Å². The average molecular weight is 265 g/mol. The summed E-state index contributed by atoms with van der Waals surface area (Å²) in [5.74, 6) is 0.464. The van der Waals surface area contributed by atoms with Crippen molar-refractivity contribution < 1.29 is 14.0 Å². The lowest BCUT2D eigenvalue weighted by Gasteiger charge is -2.20. The molecule has 2 amide bonds. The van der Waals surface area contributed by atoms with Crippen LogP contribution in [0.25, 0.3) is 0 Å². The average Bonchev–Trinajstić information content (AvgIpc) is 3.08. The first-order chi connectivity index (χ1) is 9.11. The van der Waals surface area contributed by atoms with Crippen molar-refractivity contribution in [1.82, 2.24) is 9.80 Å². The molecule has 0 spiro atoms. The van der Waals surface area contributed by atoms with Crippen molar-refractivity contribution in [3.05, 3.63) is 23.7 Å². The second-order valence-electron chi connectivity index (χ2n) is 4.72. The second-order valence-corrected chi connectivity index (χ2v) is 4.72. The lowest BCUT2D eigenvalue weighted by Crippen LogP contribution is -2.39. The standard InChI is InChI=1S/C13H19N3O3/c1-15(9-12(17)16-6-2-3-7-16)13(18)11-5-4-10(8-14)19-11/h4-5H,2-3,6-9,14H2,1H3. The Kier molecular flexibility index (Phi) is 4.21. The normalized spacial score (nSPS) is 14.7. The Morgan fingerprint density at radius 2 is 2.05 bits per heavy atom. The summed E-state index contributed by atoms with van der Waals surface area (Å²) in [5.41, 5.74) is 5.42. The quantitative estimate of drug-likeness (QED) is 0.856. The second kappa shape index (κ2) is 5.88. The summed E-state index contributed by atoms with van der Waals surface area (Å²) >= 11 is 0. The van der Waals surface area contributed by atoms with Crippen molar-refractivity contribution >= 4 is 11.8 Å². The SMILES string of the molecule is CN(CC(=O)N1CCCC1)C(=O)c1ccc(CN)o1. The fourth-order valence-corrected chi connectivity index (χ4v) is 2.13. The molecule has 1 aliphatic heterocycles. The summed E-state index contributed by atoms with van der Waals surface area (Å²) in [5, 5.41) is 0. The molecule has 1 aliphatic rings. The maximum absolute atomic E-state index is 12.0. The van der Waals surface area contributed by atoms with Crippen molar-refractivity contribution in [2.45, 2.75) is 19.4 Å². The first kappa shape index (κ1) is 13.6. The summed E-state index contributed by atoms with van der Waals surface area (Å²) in [7, 11) is 1.60. The van der Waals surface area contributed by atoms with E-state index in [9.17, 15) is 9.59 Å². The van der Waals surface area contributed by atoms with E-state index in [1.165, 1.54) is 4.90 Å². The van der Waals surface area contributed by atoms with Gasteiger partial charge in [0.05, 0.1) is 13.1 Å². The largest absolute Gasteiger partial charge is 0.455 e. The molecule has 2 N–H and O–H groups in total. The van der Waals surface area contributed by atoms with Crippen molar-refractivity contribution in [3.63, 3.8) is 0 Å². The molecule has 1 fully saturated rings. The van der Waals surface area contributed by atoms with Gasteiger partial charge in [-0.2, -0.15) is 0 Å². The molecule has 0 bridgehead atoms. The van der Waals surface area contributed by atoms with Crippen LogP contribution in [0, 0.1) is 0 Å². The number of hydrogen-bond donors (Lipinski definition) is 1. The van der Waals surface area contributed by atoms with Gasteiger partial charge in [0, 0.05) is 20.1 Å². The van der Waals surface area contributed by atoms with Crippen LogP contribution in [-0.2, 0) is 11.3 Å². The molecule has 1 aromatic rings. The third-order valence-electron chi connectivity index (χ3n) is 3.25. The molecule has 0 aliphatic carbocycles. The Morgan fingerprint density at radius 1 is 1.37 bits per heavy atom. The predicted molar refractivity (Wildman–Crippen MR) is 69.4 cm³/mol. The van der Waals surface area contributed by atoms with Crippen LogP contribution in [0.1, 0.15) is 29.2 Å². The fraction of sp³-hybridized carbons (Fsp3) is 0.538. The van der Waals surface area contributed by atoms with E-state index in [0.29, 0.717) is 5.76 Å². The number of rotatable bonds is 4. The summed E-state index contributed by atoms with van der Waals surface area (Å²) in [6, 6.07) is 3.25. The van der Waals surface area contributed by atoms with E-state index in [4.69, 9.17) is 10.2 Å². The molecular weight excluding hydrogens is 246 g/mol. The van der Waals surface area contributed by atoms with Crippen molar-refractivity contribution in [3.8, 4) is 0 Å². The van der Waals surface area contributed by atoms with Crippen LogP contribution in [0.5, 0.6) is 0 Å². The Labute approximate surface area is 112 Å². The van der Waals surface area contributed by atoms with E-state index >= 15 is 0 Å². The number of hydrogen-bond acceptors (Lipinski definition) is 4. The molecule has 1 aromatic heterocycles. The number of nitrogens with zero attached hydrogens (tertiary/aromatic N) is 2. The van der Waals surface area contributed by atoms with Crippen molar-refractivity contribution in [2.75, 3.05) is 26.7 Å². The van der Waals surface area contributed by atoms with Gasteiger partial charge >= 0.3 is 0 Å². The smallest absolute Gasteiger partial charge is 0.289 e. The highest BCUT2D eigenvalue weighted by Gasteiger charge is 2.23. The number of furan rings is 1. The molecule has 2 rings (SSSR count). The van der Waals surface area contributed by atoms with Gasteiger partial charge in [0.15, 0.2) is 5.76 Å². The minimum absolute atomic E-state index is 0.0149. The number of carbonyl (C=O) groups is 2. The van der Waals surface area contributed by atoms with Gasteiger partial charge in [-0.15, -0.1) is 0 Å². The number of carbonyl (C=O) groups excluding carboxylic acids is 2. The molecule has 1 saturated heterocycles. The van der Waals surface area contributed by atoms with Gasteiger partial charge in [0.1, 0.15) is 5.76 Å². The van der Waals surface area contributed by atoms with Gasteiger partial charge in [-0.3, -0.25) is 9.59 Å². The van der Waals surface area contributed by atoms with Gasteiger partial charge < -0.3 is 20.0 Å². The summed E-state index contributed by atoms with van der Waals surface area (Å²) in [6.45, 7) is 1.92. The summed E-state index contributed by atoms with van der Waals surface area (Å²) < 4.78 is 5.28. The lowest BCUT2D eigenvalue weighted by atomic mass is 10.3. The Balaban J connectivity index is 1.93. The van der Waals surface area contributed by atoms with Crippen molar-refractivity contribution in [2.24, 2.45) is 5.73 Å². The molecule has 0 atom stereocenters. The minimum atomic E-state index is -0.299. The maximum Gasteiger partial charge on any atom is 0.289 e. The van der Waals surface area contributed by atoms with Crippen LogP contribution in [0.15, 0.2) is 16.5 Å². The first-order valence-corrected chi connectivity index (χ1v) is 6.44. The number of nitrogens with two attached hydrogens (primary N) is 1. The molecular formula is C13H19N3O3. The zero-order valence-corrected chi connectivity index (χ0v) is 11.1. The monoisotopic (exact) mass is 265 g/mol. The van der Waals surface area contributed by atoms with Crippen LogP contribution in [0.4, 0.5) is 0 Å². The number of likely N-dealkylation sites (N-methyl/N-ethyl adjacent to an activating group) is 1. The van der Waals surface area contributed by atoms with Gasteiger partial charge in [0.2, 0.25) is 5.91 Å². The molecule has 0 radical (unpaired) electrons. The maximum atomic E-state index is 12.0. The van der Waals surface area contributed by atoms with Gasteiger partial charge in [-0.25, -0.2) is 0 Å². The van der Waals surface area contributed by atoms with E-state index in [1.807, 2.05) is 0 Å². The minimum Gasteiger partial charge on any atom is -0.455 e. The van der Waals surface area contributed by atoms with E-state index in [-0.39, 0.29) is 30.7 Å². The van der Waals surface area contributed by atoms with Gasteiger partial charge in [0.25, 0.3) is 5.91 Å². The Hall–Kier alpha value is -1.82. The van der Waals surface area contributed by atoms with Crippen molar-refractivity contribution in [1.29, 1.82) is 0 Å². The van der Waals surface area contributed by atoms with Gasteiger partial charge in [-0.1, -0.05) is 0 Å². The highest BCUT2D eigenvalue weighted by molar-refractivity contribution is 5.94. The van der Waals surface area contributed by atoms with Crippen LogP contribution < -0.4 is 5.73 Å². The zero-order valence-electron chi connectivity index (χ0n) is 11.1. The molecule has 2 heterocycles. The summed E-state index contributed by atoms with van der Waals surface area (Å²) in [6.07, 6.45) is 2.09. The number of amides is 2. The Morgan fingerprint density at radius 3 is 2.63 bits per heavy atom. The van der Waals surface area contributed by atoms with E-state index in [2.05, 4.69) is 0 Å². The zero-order chi connectivity index (χ0) is 13.8. The third-order valence-corrected chi connectivity index (χ3v) is 3.25. The number of likely N-dealkylation sites (tertiary alicyclic amines) is 1. The van der Waals surface area contributed by atoms with E-state index in [1.54, 1.807) is 24.1 Å². The molecule has 19 heavy (non-hydrogen) atoms. The molecule has 6 heteroatoms. The van der Waals surface area contributed by atoms with Crippen LogP contribution in [0.3, 0.4) is 0 Å². The van der Waals surface area contributed by atoms with Crippen LogP contribution in [-0.4, -0.2) is 48.3 Å². The highest BCUT2D eigenvalue weighted by atomic mass is 16.4. The van der Waals surface area contributed by atoms with Crippen LogP contribution in [0.2, 0.25) is 0 Å². The topological polar surface area (TPSA) is 79.8 Å². The lowest BCUT2D eigenvalue weighted by molar-refractivity contribution is -0.130. The summed E-state index contributed by atoms with van der Waals surface area (Å²) in [4.78, 5) is 27.1.